The van der Waals surface area contributed by atoms with Gasteiger partial charge >= 0.3 is 0 Å². The van der Waals surface area contributed by atoms with Crippen LogP contribution in [0.15, 0.2) is 4.99 Å². The van der Waals surface area contributed by atoms with Crippen molar-refractivity contribution in [3.05, 3.63) is 0 Å². The van der Waals surface area contributed by atoms with Crippen LogP contribution in [0.4, 0.5) is 0 Å². The summed E-state index contributed by atoms with van der Waals surface area (Å²) < 4.78 is 38.6. The molecule has 1 aliphatic heterocycles. The minimum Gasteiger partial charge on any atom is -0.357 e. The molecule has 1 heterocycles. The highest BCUT2D eigenvalue weighted by atomic mass is 32.2. The zero-order valence-electron chi connectivity index (χ0n) is 16.5. The summed E-state index contributed by atoms with van der Waals surface area (Å²) in [7, 11) is -3.99. The molecule has 1 aliphatic carbocycles. The lowest BCUT2D eigenvalue weighted by molar-refractivity contribution is 0.413. The van der Waals surface area contributed by atoms with Gasteiger partial charge in [0.25, 0.3) is 0 Å². The standard InChI is InChI=1S/C17H34N4O3S3/c1-3-18-17(20-15-6-5-7-16(14-15)26(22)4-2)19-8-13-27(23,24)21-9-11-25-12-10-21/h15-16H,3-14H2,1-2H3,(H2,18,19,20). The fourth-order valence-electron chi connectivity index (χ4n) is 3.49. The van der Waals surface area contributed by atoms with Crippen LogP contribution in [0.25, 0.3) is 0 Å². The molecular formula is C17H34N4O3S3. The lowest BCUT2D eigenvalue weighted by Gasteiger charge is -2.30. The first kappa shape index (κ1) is 23.0. The topological polar surface area (TPSA) is 90.9 Å². The summed E-state index contributed by atoms with van der Waals surface area (Å²) in [4.78, 5) is 4.49. The van der Waals surface area contributed by atoms with E-state index < -0.39 is 20.8 Å². The molecule has 3 atom stereocenters. The first-order valence-corrected chi connectivity index (χ1v) is 14.1. The van der Waals surface area contributed by atoms with Crippen molar-refractivity contribution in [1.82, 2.24) is 14.9 Å². The molecule has 0 aromatic rings. The molecule has 10 heteroatoms. The number of rotatable bonds is 8. The van der Waals surface area contributed by atoms with E-state index in [0.717, 1.165) is 43.7 Å². The van der Waals surface area contributed by atoms with Crippen LogP contribution >= 0.6 is 11.8 Å². The predicted molar refractivity (Wildman–Crippen MR) is 117 cm³/mol. The summed E-state index contributed by atoms with van der Waals surface area (Å²) in [5.41, 5.74) is 0. The number of hydrogen-bond donors (Lipinski definition) is 2. The quantitative estimate of drug-likeness (QED) is 0.434. The highest BCUT2D eigenvalue weighted by molar-refractivity contribution is 7.99. The Balaban J connectivity index is 1.88. The van der Waals surface area contributed by atoms with Gasteiger partial charge in [-0.05, 0) is 26.2 Å². The maximum absolute atomic E-state index is 12.4. The van der Waals surface area contributed by atoms with Crippen molar-refractivity contribution in [2.75, 3.05) is 49.2 Å². The third-order valence-corrected chi connectivity index (χ3v) is 9.48. The molecular weight excluding hydrogens is 404 g/mol. The zero-order valence-corrected chi connectivity index (χ0v) is 18.9. The van der Waals surface area contributed by atoms with Crippen molar-refractivity contribution in [2.24, 2.45) is 4.99 Å². The molecule has 7 nitrogen and oxygen atoms in total. The van der Waals surface area contributed by atoms with Crippen LogP contribution in [-0.2, 0) is 20.8 Å². The minimum absolute atomic E-state index is 0.0430. The van der Waals surface area contributed by atoms with Crippen molar-refractivity contribution in [3.8, 4) is 0 Å². The van der Waals surface area contributed by atoms with Crippen LogP contribution in [0, 0.1) is 0 Å². The van der Waals surface area contributed by atoms with Gasteiger partial charge in [-0.25, -0.2) is 12.7 Å². The molecule has 0 radical (unpaired) electrons. The maximum Gasteiger partial charge on any atom is 0.215 e. The van der Waals surface area contributed by atoms with Gasteiger partial charge in [0, 0.05) is 59.0 Å². The van der Waals surface area contributed by atoms with Crippen molar-refractivity contribution in [1.29, 1.82) is 0 Å². The minimum atomic E-state index is -3.23. The van der Waals surface area contributed by atoms with Gasteiger partial charge in [0.2, 0.25) is 10.0 Å². The zero-order chi connectivity index (χ0) is 19.7. The van der Waals surface area contributed by atoms with E-state index in [0.29, 0.717) is 24.8 Å². The summed E-state index contributed by atoms with van der Waals surface area (Å²) >= 11 is 1.80. The summed E-state index contributed by atoms with van der Waals surface area (Å²) in [5.74, 6) is 3.15. The smallest absolute Gasteiger partial charge is 0.215 e. The van der Waals surface area contributed by atoms with Gasteiger partial charge in [0.05, 0.1) is 12.3 Å². The van der Waals surface area contributed by atoms with Gasteiger partial charge in [0.15, 0.2) is 5.96 Å². The van der Waals surface area contributed by atoms with Gasteiger partial charge in [-0.3, -0.25) is 9.20 Å². The summed E-state index contributed by atoms with van der Waals surface area (Å²) in [6.07, 6.45) is 4.01. The predicted octanol–water partition coefficient (Wildman–Crippen LogP) is 1.000. The first-order valence-electron chi connectivity index (χ1n) is 9.93. The third kappa shape index (κ3) is 7.55. The van der Waals surface area contributed by atoms with Crippen LogP contribution in [-0.4, -0.2) is 83.4 Å². The molecule has 1 saturated carbocycles. The number of nitrogens with zero attached hydrogens (tertiary/aromatic N) is 2. The molecule has 2 rings (SSSR count). The van der Waals surface area contributed by atoms with Crippen LogP contribution in [0.1, 0.15) is 39.5 Å². The summed E-state index contributed by atoms with van der Waals surface area (Å²) in [6, 6.07) is 0.243. The average molecular weight is 439 g/mol. The van der Waals surface area contributed by atoms with E-state index in [9.17, 15) is 12.6 Å². The second-order valence-corrected chi connectivity index (χ2v) is 12.2. The number of sulfonamides is 1. The highest BCUT2D eigenvalue weighted by Crippen LogP contribution is 2.23. The van der Waals surface area contributed by atoms with Crippen LogP contribution in [0.3, 0.4) is 0 Å². The van der Waals surface area contributed by atoms with Gasteiger partial charge < -0.3 is 10.6 Å². The highest BCUT2D eigenvalue weighted by Gasteiger charge is 2.26. The summed E-state index contributed by atoms with van der Waals surface area (Å²) in [5, 5.41) is 6.88. The van der Waals surface area contributed by atoms with E-state index in [4.69, 9.17) is 0 Å². The summed E-state index contributed by atoms with van der Waals surface area (Å²) in [6.45, 7) is 6.15. The van der Waals surface area contributed by atoms with Crippen molar-refractivity contribution >= 4 is 38.5 Å². The number of hydrogen-bond acceptors (Lipinski definition) is 5. The molecule has 0 spiro atoms. The SMILES string of the molecule is CCNC(=NCCS(=O)(=O)N1CCSCC1)NC1CCCC(S(=O)CC)C1. The molecule has 158 valence electrons. The van der Waals surface area contributed by atoms with Crippen LogP contribution in [0.5, 0.6) is 0 Å². The van der Waals surface area contributed by atoms with E-state index in [-0.39, 0.29) is 23.6 Å². The van der Waals surface area contributed by atoms with Crippen molar-refractivity contribution in [3.63, 3.8) is 0 Å². The fraction of sp³-hybridized carbons (Fsp3) is 0.941. The van der Waals surface area contributed by atoms with E-state index in [1.165, 1.54) is 0 Å². The Labute approximate surface area is 171 Å². The van der Waals surface area contributed by atoms with Crippen LogP contribution in [0.2, 0.25) is 0 Å². The Bertz CT molecular complexity index is 607. The number of thioether (sulfide) groups is 1. The molecule has 2 aliphatic rings. The van der Waals surface area contributed by atoms with Gasteiger partial charge in [0.1, 0.15) is 0 Å². The molecule has 0 amide bonds. The molecule has 2 fully saturated rings. The normalized spacial score (nSPS) is 26.5. The Morgan fingerprint density at radius 3 is 2.67 bits per heavy atom. The Morgan fingerprint density at radius 2 is 2.00 bits per heavy atom. The molecule has 0 aromatic carbocycles. The van der Waals surface area contributed by atoms with Gasteiger partial charge in [-0.2, -0.15) is 11.8 Å². The lowest BCUT2D eigenvalue weighted by atomic mass is 9.95. The Kier molecular flexibility index (Phi) is 9.89. The molecule has 3 unspecified atom stereocenters. The maximum atomic E-state index is 12.4. The average Bonchev–Trinajstić information content (AvgIpc) is 2.68. The van der Waals surface area contributed by atoms with Gasteiger partial charge in [-0.1, -0.05) is 13.3 Å². The largest absolute Gasteiger partial charge is 0.357 e. The van der Waals surface area contributed by atoms with E-state index in [2.05, 4.69) is 15.6 Å². The molecule has 2 N–H and O–H groups in total. The van der Waals surface area contributed by atoms with Crippen molar-refractivity contribution < 1.29 is 12.6 Å². The number of nitrogens with one attached hydrogen (secondary N) is 2. The number of aliphatic imine (C=N–C) groups is 1. The van der Waals surface area contributed by atoms with E-state index in [1.54, 1.807) is 16.1 Å². The fourth-order valence-corrected chi connectivity index (χ4v) is 7.29. The molecule has 1 saturated heterocycles. The van der Waals surface area contributed by atoms with Crippen LogP contribution < -0.4 is 10.6 Å². The Morgan fingerprint density at radius 1 is 1.26 bits per heavy atom. The molecule has 0 bridgehead atoms. The monoisotopic (exact) mass is 438 g/mol. The molecule has 27 heavy (non-hydrogen) atoms. The van der Waals surface area contributed by atoms with E-state index in [1.807, 2.05) is 13.8 Å². The Hall–Kier alpha value is -0.320. The lowest BCUT2D eigenvalue weighted by Crippen LogP contribution is -2.47. The number of guanidine groups is 1. The van der Waals surface area contributed by atoms with Gasteiger partial charge in [-0.15, -0.1) is 0 Å². The van der Waals surface area contributed by atoms with Crippen molar-refractivity contribution in [2.45, 2.75) is 50.8 Å². The van der Waals surface area contributed by atoms with E-state index >= 15 is 0 Å². The second kappa shape index (κ2) is 11.6. The third-order valence-electron chi connectivity index (χ3n) is 4.95. The first-order chi connectivity index (χ1) is 13.0. The molecule has 0 aromatic heterocycles. The second-order valence-electron chi connectivity index (χ2n) is 6.89.